The zero-order chi connectivity index (χ0) is 14.5. The van der Waals surface area contributed by atoms with E-state index in [4.69, 9.17) is 12.2 Å². The van der Waals surface area contributed by atoms with Gasteiger partial charge in [0.2, 0.25) is 0 Å². The Labute approximate surface area is 127 Å². The minimum Gasteiger partial charge on any atom is -0.325 e. The molecule has 0 radical (unpaired) electrons. The lowest BCUT2D eigenvalue weighted by Crippen LogP contribution is -2.42. The van der Waals surface area contributed by atoms with Gasteiger partial charge in [0.15, 0.2) is 5.11 Å². The SMILES string of the molecule is CCN(CC)CCN1C(=S)NN(c2ccccc2)C1C. The van der Waals surface area contributed by atoms with Gasteiger partial charge in [-0.25, -0.2) is 0 Å². The maximum atomic E-state index is 5.47. The van der Waals surface area contributed by atoms with E-state index in [1.807, 2.05) is 18.2 Å². The lowest BCUT2D eigenvalue weighted by molar-refractivity contribution is 0.254. The number of anilines is 1. The monoisotopic (exact) mass is 292 g/mol. The molecule has 0 amide bonds. The number of hydrazine groups is 1. The first-order valence-electron chi connectivity index (χ1n) is 7.31. The Bertz CT molecular complexity index is 433. The van der Waals surface area contributed by atoms with Gasteiger partial charge >= 0.3 is 0 Å². The molecule has 1 saturated heterocycles. The Morgan fingerprint density at radius 2 is 1.85 bits per heavy atom. The topological polar surface area (TPSA) is 21.8 Å². The molecule has 1 aromatic rings. The van der Waals surface area contributed by atoms with Crippen LogP contribution in [0.15, 0.2) is 30.3 Å². The molecule has 1 heterocycles. The van der Waals surface area contributed by atoms with Gasteiger partial charge < -0.3 is 9.80 Å². The second-order valence-electron chi connectivity index (χ2n) is 4.97. The summed E-state index contributed by atoms with van der Waals surface area (Å²) in [5, 5.41) is 2.94. The van der Waals surface area contributed by atoms with Crippen molar-refractivity contribution in [3.63, 3.8) is 0 Å². The number of nitrogens with one attached hydrogen (secondary N) is 1. The standard InChI is InChI=1S/C15H24N4S/c1-4-17(5-2)11-12-18-13(3)19(16-15(18)20)14-9-7-6-8-10-14/h6-10,13H,4-5,11-12H2,1-3H3,(H,16,20). The van der Waals surface area contributed by atoms with Gasteiger partial charge in [-0.15, -0.1) is 0 Å². The Balaban J connectivity index is 2.00. The van der Waals surface area contributed by atoms with E-state index in [0.29, 0.717) is 0 Å². The number of para-hydroxylation sites is 1. The third kappa shape index (κ3) is 3.22. The Morgan fingerprint density at radius 1 is 1.20 bits per heavy atom. The van der Waals surface area contributed by atoms with Crippen molar-refractivity contribution in [1.82, 2.24) is 15.2 Å². The molecule has 4 nitrogen and oxygen atoms in total. The summed E-state index contributed by atoms with van der Waals surface area (Å²) in [7, 11) is 0. The van der Waals surface area contributed by atoms with Gasteiger partial charge in [0.1, 0.15) is 6.17 Å². The average molecular weight is 292 g/mol. The van der Waals surface area contributed by atoms with E-state index in [9.17, 15) is 0 Å². The van der Waals surface area contributed by atoms with E-state index in [1.165, 1.54) is 0 Å². The van der Waals surface area contributed by atoms with Crippen molar-refractivity contribution in [3.05, 3.63) is 30.3 Å². The number of rotatable bonds is 6. The third-order valence-electron chi connectivity index (χ3n) is 3.89. The summed E-state index contributed by atoms with van der Waals surface area (Å²) < 4.78 is 0. The van der Waals surface area contributed by atoms with Crippen molar-refractivity contribution in [1.29, 1.82) is 0 Å². The smallest absolute Gasteiger partial charge is 0.189 e. The molecule has 0 spiro atoms. The van der Waals surface area contributed by atoms with E-state index < -0.39 is 0 Å². The molecule has 20 heavy (non-hydrogen) atoms. The summed E-state index contributed by atoms with van der Waals surface area (Å²) in [4.78, 5) is 4.67. The van der Waals surface area contributed by atoms with Crippen LogP contribution in [-0.2, 0) is 0 Å². The van der Waals surface area contributed by atoms with Crippen molar-refractivity contribution in [3.8, 4) is 0 Å². The second-order valence-corrected chi connectivity index (χ2v) is 5.36. The van der Waals surface area contributed by atoms with Crippen LogP contribution in [-0.4, -0.2) is 47.3 Å². The highest BCUT2D eigenvalue weighted by molar-refractivity contribution is 7.80. The van der Waals surface area contributed by atoms with Crippen molar-refractivity contribution >= 4 is 23.0 Å². The van der Waals surface area contributed by atoms with E-state index in [2.05, 4.69) is 53.1 Å². The lowest BCUT2D eigenvalue weighted by atomic mass is 10.3. The van der Waals surface area contributed by atoms with Gasteiger partial charge in [0.25, 0.3) is 0 Å². The zero-order valence-corrected chi connectivity index (χ0v) is 13.4. The fraction of sp³-hybridized carbons (Fsp3) is 0.533. The number of thiocarbonyl (C=S) groups is 1. The van der Waals surface area contributed by atoms with Crippen molar-refractivity contribution in [2.24, 2.45) is 0 Å². The molecule has 0 aliphatic carbocycles. The first-order chi connectivity index (χ1) is 9.67. The molecule has 0 aromatic heterocycles. The summed E-state index contributed by atoms with van der Waals surface area (Å²) in [5.74, 6) is 0. The van der Waals surface area contributed by atoms with Gasteiger partial charge in [-0.2, -0.15) is 0 Å². The number of hydrogen-bond donors (Lipinski definition) is 1. The first-order valence-corrected chi connectivity index (χ1v) is 7.72. The molecule has 1 aliphatic rings. The molecule has 0 saturated carbocycles. The molecule has 1 aliphatic heterocycles. The van der Waals surface area contributed by atoms with Gasteiger partial charge in [0.05, 0.1) is 5.69 Å². The van der Waals surface area contributed by atoms with Crippen LogP contribution in [0.3, 0.4) is 0 Å². The highest BCUT2D eigenvalue weighted by Crippen LogP contribution is 2.21. The fourth-order valence-electron chi connectivity index (χ4n) is 2.52. The number of hydrogen-bond acceptors (Lipinski definition) is 3. The fourth-order valence-corrected chi connectivity index (χ4v) is 2.86. The van der Waals surface area contributed by atoms with Crippen LogP contribution in [0.5, 0.6) is 0 Å². The van der Waals surface area contributed by atoms with E-state index >= 15 is 0 Å². The van der Waals surface area contributed by atoms with E-state index in [-0.39, 0.29) is 6.17 Å². The molecule has 0 bridgehead atoms. The van der Waals surface area contributed by atoms with Crippen LogP contribution in [0.1, 0.15) is 20.8 Å². The minimum absolute atomic E-state index is 0.237. The Kier molecular flexibility index (Phi) is 5.20. The van der Waals surface area contributed by atoms with Crippen molar-refractivity contribution in [2.45, 2.75) is 26.9 Å². The summed E-state index contributed by atoms with van der Waals surface area (Å²) >= 11 is 5.47. The summed E-state index contributed by atoms with van der Waals surface area (Å²) in [5.41, 5.74) is 4.45. The van der Waals surface area contributed by atoms with Crippen molar-refractivity contribution in [2.75, 3.05) is 31.2 Å². The molecule has 110 valence electrons. The predicted molar refractivity (Wildman–Crippen MR) is 88.6 cm³/mol. The quantitative estimate of drug-likeness (QED) is 0.810. The number of nitrogens with zero attached hydrogens (tertiary/aromatic N) is 3. The van der Waals surface area contributed by atoms with Gasteiger partial charge in [-0.3, -0.25) is 10.4 Å². The molecular weight excluding hydrogens is 268 g/mol. The zero-order valence-electron chi connectivity index (χ0n) is 12.5. The van der Waals surface area contributed by atoms with Crippen LogP contribution < -0.4 is 10.4 Å². The third-order valence-corrected chi connectivity index (χ3v) is 4.21. The first kappa shape index (κ1) is 15.1. The summed E-state index contributed by atoms with van der Waals surface area (Å²) in [6.45, 7) is 10.7. The maximum Gasteiger partial charge on any atom is 0.189 e. The molecule has 1 unspecified atom stereocenters. The summed E-state index contributed by atoms with van der Waals surface area (Å²) in [6, 6.07) is 10.3. The summed E-state index contributed by atoms with van der Waals surface area (Å²) in [6.07, 6.45) is 0.237. The normalized spacial score (nSPS) is 18.8. The highest BCUT2D eigenvalue weighted by atomic mass is 32.1. The molecule has 1 N–H and O–H groups in total. The average Bonchev–Trinajstić information content (AvgIpc) is 2.77. The van der Waals surface area contributed by atoms with Crippen LogP contribution in [0.4, 0.5) is 5.69 Å². The molecule has 1 atom stereocenters. The lowest BCUT2D eigenvalue weighted by Gasteiger charge is -2.28. The predicted octanol–water partition coefficient (Wildman–Crippen LogP) is 2.29. The Morgan fingerprint density at radius 3 is 2.45 bits per heavy atom. The molecule has 1 aromatic carbocycles. The van der Waals surface area contributed by atoms with Crippen LogP contribution in [0, 0.1) is 0 Å². The maximum absolute atomic E-state index is 5.47. The Hall–Kier alpha value is -1.33. The van der Waals surface area contributed by atoms with Crippen LogP contribution >= 0.6 is 12.2 Å². The second kappa shape index (κ2) is 6.90. The van der Waals surface area contributed by atoms with Crippen LogP contribution in [0.2, 0.25) is 0 Å². The van der Waals surface area contributed by atoms with Gasteiger partial charge in [-0.05, 0) is 44.4 Å². The number of benzene rings is 1. The molecular formula is C15H24N4S. The number of likely N-dealkylation sites (N-methyl/N-ethyl adjacent to an activating group) is 1. The molecule has 2 rings (SSSR count). The molecule has 1 fully saturated rings. The van der Waals surface area contributed by atoms with Crippen molar-refractivity contribution < 1.29 is 0 Å². The highest BCUT2D eigenvalue weighted by Gasteiger charge is 2.31. The van der Waals surface area contributed by atoms with E-state index in [0.717, 1.165) is 37.0 Å². The van der Waals surface area contributed by atoms with Crippen LogP contribution in [0.25, 0.3) is 0 Å². The minimum atomic E-state index is 0.237. The van der Waals surface area contributed by atoms with Gasteiger partial charge in [0, 0.05) is 13.1 Å². The largest absolute Gasteiger partial charge is 0.325 e. The molecule has 5 heteroatoms. The van der Waals surface area contributed by atoms with Gasteiger partial charge in [-0.1, -0.05) is 32.0 Å². The van der Waals surface area contributed by atoms with E-state index in [1.54, 1.807) is 0 Å².